The average molecular weight is 184 g/mol. The Balaban J connectivity index is 3.76. The SMILES string of the molecule is CCCC(C)C[C@H](O)C(F)(F)F. The number of alkyl halides is 3. The summed E-state index contributed by atoms with van der Waals surface area (Å²) in [5.74, 6) is -0.0633. The van der Waals surface area contributed by atoms with Crippen molar-refractivity contribution in [3.63, 3.8) is 0 Å². The van der Waals surface area contributed by atoms with Crippen molar-refractivity contribution >= 4 is 0 Å². The summed E-state index contributed by atoms with van der Waals surface area (Å²) in [4.78, 5) is 0. The second-order valence-corrected chi connectivity index (χ2v) is 3.19. The summed E-state index contributed by atoms with van der Waals surface area (Å²) in [6.07, 6.45) is -5.21. The first-order valence-corrected chi connectivity index (χ1v) is 4.12. The van der Waals surface area contributed by atoms with E-state index in [1.54, 1.807) is 6.92 Å². The van der Waals surface area contributed by atoms with Crippen LogP contribution in [-0.4, -0.2) is 17.4 Å². The summed E-state index contributed by atoms with van der Waals surface area (Å²) >= 11 is 0. The lowest BCUT2D eigenvalue weighted by Crippen LogP contribution is -2.30. The van der Waals surface area contributed by atoms with E-state index in [4.69, 9.17) is 5.11 Å². The molecule has 0 rings (SSSR count). The van der Waals surface area contributed by atoms with Crippen LogP contribution in [0.1, 0.15) is 33.1 Å². The zero-order valence-electron chi connectivity index (χ0n) is 7.36. The van der Waals surface area contributed by atoms with Crippen LogP contribution in [0.2, 0.25) is 0 Å². The lowest BCUT2D eigenvalue weighted by molar-refractivity contribution is -0.208. The lowest BCUT2D eigenvalue weighted by Gasteiger charge is -2.18. The molecule has 0 aromatic carbocycles. The molecule has 0 saturated carbocycles. The van der Waals surface area contributed by atoms with Crippen molar-refractivity contribution in [3.05, 3.63) is 0 Å². The molecule has 1 N–H and O–H groups in total. The predicted molar refractivity (Wildman–Crippen MR) is 40.8 cm³/mol. The van der Waals surface area contributed by atoms with Crippen LogP contribution in [0.5, 0.6) is 0 Å². The number of aliphatic hydroxyl groups excluding tert-OH is 1. The molecule has 0 aliphatic rings. The van der Waals surface area contributed by atoms with Crippen LogP contribution in [0.25, 0.3) is 0 Å². The minimum atomic E-state index is -4.46. The maximum atomic E-state index is 11.8. The van der Waals surface area contributed by atoms with Gasteiger partial charge < -0.3 is 5.11 Å². The van der Waals surface area contributed by atoms with Gasteiger partial charge in [-0.25, -0.2) is 0 Å². The standard InChI is InChI=1S/C8H15F3O/c1-3-4-6(2)5-7(12)8(9,10)11/h6-7,12H,3-5H2,1-2H3/t6?,7-/m0/s1. The summed E-state index contributed by atoms with van der Waals surface area (Å²) in [7, 11) is 0. The van der Waals surface area contributed by atoms with Crippen LogP contribution in [-0.2, 0) is 0 Å². The maximum absolute atomic E-state index is 11.8. The molecule has 1 unspecified atom stereocenters. The molecule has 0 saturated heterocycles. The van der Waals surface area contributed by atoms with E-state index in [-0.39, 0.29) is 12.3 Å². The van der Waals surface area contributed by atoms with Gasteiger partial charge in [-0.2, -0.15) is 13.2 Å². The fourth-order valence-electron chi connectivity index (χ4n) is 1.13. The van der Waals surface area contributed by atoms with E-state index in [9.17, 15) is 13.2 Å². The van der Waals surface area contributed by atoms with Gasteiger partial charge in [-0.15, -0.1) is 0 Å². The van der Waals surface area contributed by atoms with Crippen molar-refractivity contribution in [2.24, 2.45) is 5.92 Å². The first-order chi connectivity index (χ1) is 5.38. The summed E-state index contributed by atoms with van der Waals surface area (Å²) in [5.41, 5.74) is 0. The highest BCUT2D eigenvalue weighted by Crippen LogP contribution is 2.26. The molecular weight excluding hydrogens is 169 g/mol. The zero-order valence-corrected chi connectivity index (χ0v) is 7.36. The monoisotopic (exact) mass is 184 g/mol. The molecule has 2 atom stereocenters. The predicted octanol–water partition coefficient (Wildman–Crippen LogP) is 2.74. The fraction of sp³-hybridized carbons (Fsp3) is 1.00. The van der Waals surface area contributed by atoms with E-state index >= 15 is 0 Å². The number of hydrogen-bond donors (Lipinski definition) is 1. The van der Waals surface area contributed by atoms with E-state index in [1.165, 1.54) is 0 Å². The molecule has 0 bridgehead atoms. The number of halogens is 3. The van der Waals surface area contributed by atoms with Crippen molar-refractivity contribution in [2.45, 2.75) is 45.4 Å². The third-order valence-corrected chi connectivity index (χ3v) is 1.78. The summed E-state index contributed by atoms with van der Waals surface area (Å²) in [6.45, 7) is 3.63. The molecule has 0 aromatic heterocycles. The van der Waals surface area contributed by atoms with Gasteiger partial charge in [0.1, 0.15) is 6.10 Å². The highest BCUT2D eigenvalue weighted by molar-refractivity contribution is 4.68. The molecule has 0 amide bonds. The van der Waals surface area contributed by atoms with Gasteiger partial charge in [0.15, 0.2) is 0 Å². The summed E-state index contributed by atoms with van der Waals surface area (Å²) in [5, 5.41) is 8.66. The van der Waals surface area contributed by atoms with Gasteiger partial charge in [-0.3, -0.25) is 0 Å². The molecule has 74 valence electrons. The van der Waals surface area contributed by atoms with Gasteiger partial charge in [-0.05, 0) is 12.3 Å². The number of rotatable bonds is 4. The van der Waals surface area contributed by atoms with Crippen LogP contribution in [0.15, 0.2) is 0 Å². The van der Waals surface area contributed by atoms with Crippen molar-refractivity contribution in [2.75, 3.05) is 0 Å². The molecule has 0 spiro atoms. The first kappa shape index (κ1) is 11.8. The average Bonchev–Trinajstić information content (AvgIpc) is 1.85. The first-order valence-electron chi connectivity index (χ1n) is 4.12. The van der Waals surface area contributed by atoms with Crippen molar-refractivity contribution in [1.82, 2.24) is 0 Å². The topological polar surface area (TPSA) is 20.2 Å². The van der Waals surface area contributed by atoms with Gasteiger partial charge in [0, 0.05) is 0 Å². The van der Waals surface area contributed by atoms with Gasteiger partial charge in [-0.1, -0.05) is 26.7 Å². The van der Waals surface area contributed by atoms with Gasteiger partial charge in [0.25, 0.3) is 0 Å². The van der Waals surface area contributed by atoms with Crippen molar-refractivity contribution in [3.8, 4) is 0 Å². The van der Waals surface area contributed by atoms with E-state index in [0.717, 1.165) is 12.8 Å². The third-order valence-electron chi connectivity index (χ3n) is 1.78. The normalized spacial score (nSPS) is 17.5. The molecule has 4 heteroatoms. The fourth-order valence-corrected chi connectivity index (χ4v) is 1.13. The quantitative estimate of drug-likeness (QED) is 0.712. The maximum Gasteiger partial charge on any atom is 0.414 e. The molecular formula is C8H15F3O. The molecule has 1 nitrogen and oxygen atoms in total. The van der Waals surface area contributed by atoms with E-state index in [2.05, 4.69) is 0 Å². The largest absolute Gasteiger partial charge is 0.414 e. The lowest BCUT2D eigenvalue weighted by atomic mass is 9.99. The second-order valence-electron chi connectivity index (χ2n) is 3.19. The smallest absolute Gasteiger partial charge is 0.384 e. The van der Waals surface area contributed by atoms with Crippen LogP contribution in [0.4, 0.5) is 13.2 Å². The zero-order chi connectivity index (χ0) is 9.78. The minimum Gasteiger partial charge on any atom is -0.384 e. The third kappa shape index (κ3) is 4.59. The van der Waals surface area contributed by atoms with Crippen LogP contribution in [0.3, 0.4) is 0 Å². The molecule has 12 heavy (non-hydrogen) atoms. The summed E-state index contributed by atoms with van der Waals surface area (Å²) < 4.78 is 35.4. The van der Waals surface area contributed by atoms with Gasteiger partial charge in [0.05, 0.1) is 0 Å². The van der Waals surface area contributed by atoms with Crippen LogP contribution in [0, 0.1) is 5.92 Å². The highest BCUT2D eigenvalue weighted by atomic mass is 19.4. The molecule has 0 aromatic rings. The Labute approximate surface area is 70.6 Å². The summed E-state index contributed by atoms with van der Waals surface area (Å²) in [6, 6.07) is 0. The van der Waals surface area contributed by atoms with Crippen LogP contribution < -0.4 is 0 Å². The van der Waals surface area contributed by atoms with Crippen molar-refractivity contribution < 1.29 is 18.3 Å². The minimum absolute atomic E-state index is 0.0633. The van der Waals surface area contributed by atoms with E-state index in [1.807, 2.05) is 6.92 Å². The number of aliphatic hydroxyl groups is 1. The molecule has 0 fully saturated rings. The van der Waals surface area contributed by atoms with Gasteiger partial charge >= 0.3 is 6.18 Å². The number of hydrogen-bond acceptors (Lipinski definition) is 1. The Morgan fingerprint density at radius 1 is 1.33 bits per heavy atom. The van der Waals surface area contributed by atoms with Crippen molar-refractivity contribution in [1.29, 1.82) is 0 Å². The molecule has 0 heterocycles. The Hall–Kier alpha value is -0.250. The second kappa shape index (κ2) is 4.70. The van der Waals surface area contributed by atoms with E-state index < -0.39 is 12.3 Å². The Bertz CT molecular complexity index is 122. The van der Waals surface area contributed by atoms with Crippen LogP contribution >= 0.6 is 0 Å². The Morgan fingerprint density at radius 2 is 1.83 bits per heavy atom. The Kier molecular flexibility index (Phi) is 4.60. The highest BCUT2D eigenvalue weighted by Gasteiger charge is 2.38. The Morgan fingerprint density at radius 3 is 2.17 bits per heavy atom. The molecule has 0 aliphatic carbocycles. The molecule has 0 radical (unpaired) electrons. The van der Waals surface area contributed by atoms with E-state index in [0.29, 0.717) is 0 Å². The molecule has 0 aliphatic heterocycles. The van der Waals surface area contributed by atoms with Gasteiger partial charge in [0.2, 0.25) is 0 Å².